The first-order valence-electron chi connectivity index (χ1n) is 5.91. The number of anilines is 1. The van der Waals surface area contributed by atoms with Crippen LogP contribution in [0.25, 0.3) is 0 Å². The second-order valence-electron chi connectivity index (χ2n) is 4.46. The van der Waals surface area contributed by atoms with Gasteiger partial charge >= 0.3 is 0 Å². The Morgan fingerprint density at radius 1 is 1.24 bits per heavy atom. The molecular weight excluding hydrogens is 238 g/mol. The van der Waals surface area contributed by atoms with Crippen molar-refractivity contribution in [1.82, 2.24) is 9.97 Å². The highest BCUT2D eigenvalue weighted by molar-refractivity contribution is 6.30. The maximum Gasteiger partial charge on any atom is 0.137 e. The summed E-state index contributed by atoms with van der Waals surface area (Å²) in [6, 6.07) is 0.479. The molecule has 5 heteroatoms. The van der Waals surface area contributed by atoms with E-state index in [0.29, 0.717) is 11.2 Å². The molecule has 1 aromatic heterocycles. The van der Waals surface area contributed by atoms with Gasteiger partial charge in [0.05, 0.1) is 0 Å². The van der Waals surface area contributed by atoms with Crippen molar-refractivity contribution in [2.24, 2.45) is 0 Å². The van der Waals surface area contributed by atoms with Crippen molar-refractivity contribution in [3.05, 3.63) is 16.5 Å². The molecule has 0 aliphatic carbocycles. The monoisotopic (exact) mass is 255 g/mol. The fraction of sp³-hybridized carbons (Fsp3) is 0.667. The number of hydrogen-bond acceptors (Lipinski definition) is 4. The van der Waals surface area contributed by atoms with Gasteiger partial charge in [0, 0.05) is 31.9 Å². The minimum atomic E-state index is 0.479. The van der Waals surface area contributed by atoms with E-state index in [2.05, 4.69) is 21.9 Å². The first kappa shape index (κ1) is 12.6. The third-order valence-electron chi connectivity index (χ3n) is 3.25. The zero-order valence-corrected chi connectivity index (χ0v) is 11.3. The topological polar surface area (TPSA) is 38.2 Å². The van der Waals surface area contributed by atoms with Crippen LogP contribution in [-0.4, -0.2) is 36.3 Å². The predicted molar refractivity (Wildman–Crippen MR) is 68.8 cm³/mol. The highest BCUT2D eigenvalue weighted by Gasteiger charge is 2.22. The first-order valence-corrected chi connectivity index (χ1v) is 6.28. The van der Waals surface area contributed by atoms with Gasteiger partial charge in [0.15, 0.2) is 0 Å². The first-order chi connectivity index (χ1) is 8.09. The normalized spacial score (nSPS) is 17.2. The largest absolute Gasteiger partial charge is 0.381 e. The number of halogens is 1. The number of nitrogens with zero attached hydrogens (tertiary/aromatic N) is 3. The summed E-state index contributed by atoms with van der Waals surface area (Å²) in [6.07, 6.45) is 2.08. The fourth-order valence-electron chi connectivity index (χ4n) is 2.17. The predicted octanol–water partition coefficient (Wildman–Crippen LogP) is 2.36. The van der Waals surface area contributed by atoms with Gasteiger partial charge in [-0.05, 0) is 26.7 Å². The molecule has 0 spiro atoms. The van der Waals surface area contributed by atoms with E-state index in [1.165, 1.54) is 0 Å². The second kappa shape index (κ2) is 5.19. The highest BCUT2D eigenvalue weighted by Crippen LogP contribution is 2.26. The summed E-state index contributed by atoms with van der Waals surface area (Å²) in [4.78, 5) is 10.9. The van der Waals surface area contributed by atoms with E-state index in [-0.39, 0.29) is 0 Å². The van der Waals surface area contributed by atoms with E-state index in [0.717, 1.165) is 43.3 Å². The van der Waals surface area contributed by atoms with Crippen molar-refractivity contribution in [2.75, 3.05) is 25.2 Å². The lowest BCUT2D eigenvalue weighted by Gasteiger charge is -2.33. The van der Waals surface area contributed by atoms with Gasteiger partial charge in [-0.2, -0.15) is 0 Å². The average Bonchev–Trinajstić information content (AvgIpc) is 2.34. The van der Waals surface area contributed by atoms with Gasteiger partial charge in [0.25, 0.3) is 0 Å². The maximum absolute atomic E-state index is 6.10. The summed E-state index contributed by atoms with van der Waals surface area (Å²) in [5.41, 5.74) is 0.950. The standard InChI is InChI=1S/C12H18ClN3O/c1-8-11(13)14-9(2)15-12(8)16(3)10-4-6-17-7-5-10/h10H,4-7H2,1-3H3. The van der Waals surface area contributed by atoms with Gasteiger partial charge in [0.2, 0.25) is 0 Å². The molecule has 0 unspecified atom stereocenters. The van der Waals surface area contributed by atoms with Gasteiger partial charge in [-0.15, -0.1) is 0 Å². The summed E-state index contributed by atoms with van der Waals surface area (Å²) >= 11 is 6.10. The molecule has 94 valence electrons. The number of rotatable bonds is 2. The summed E-state index contributed by atoms with van der Waals surface area (Å²) in [6.45, 7) is 5.48. The van der Waals surface area contributed by atoms with Gasteiger partial charge in [0.1, 0.15) is 16.8 Å². The van der Waals surface area contributed by atoms with E-state index in [4.69, 9.17) is 16.3 Å². The summed E-state index contributed by atoms with van der Waals surface area (Å²) in [5.74, 6) is 1.66. The molecule has 0 aromatic carbocycles. The van der Waals surface area contributed by atoms with Gasteiger partial charge in [-0.1, -0.05) is 11.6 Å². The Morgan fingerprint density at radius 2 is 1.88 bits per heavy atom. The Morgan fingerprint density at radius 3 is 2.53 bits per heavy atom. The summed E-state index contributed by atoms with van der Waals surface area (Å²) in [5, 5.41) is 0.548. The molecule has 2 heterocycles. The zero-order valence-electron chi connectivity index (χ0n) is 10.5. The molecule has 1 aliphatic heterocycles. The molecule has 0 saturated carbocycles. The fourth-order valence-corrected chi connectivity index (χ4v) is 2.38. The quantitative estimate of drug-likeness (QED) is 0.761. The van der Waals surface area contributed by atoms with Gasteiger partial charge in [-0.25, -0.2) is 9.97 Å². The van der Waals surface area contributed by atoms with Crippen LogP contribution in [0.3, 0.4) is 0 Å². The second-order valence-corrected chi connectivity index (χ2v) is 4.82. The van der Waals surface area contributed by atoms with Crippen molar-refractivity contribution in [2.45, 2.75) is 32.7 Å². The molecule has 1 aromatic rings. The van der Waals surface area contributed by atoms with E-state index in [1.54, 1.807) is 0 Å². The van der Waals surface area contributed by atoms with E-state index in [1.807, 2.05) is 13.8 Å². The molecule has 0 radical (unpaired) electrons. The van der Waals surface area contributed by atoms with Crippen LogP contribution < -0.4 is 4.90 Å². The van der Waals surface area contributed by atoms with Crippen LogP contribution in [0.2, 0.25) is 5.15 Å². The van der Waals surface area contributed by atoms with Crippen molar-refractivity contribution < 1.29 is 4.74 Å². The zero-order chi connectivity index (χ0) is 12.4. The molecule has 0 amide bonds. The number of aromatic nitrogens is 2. The van der Waals surface area contributed by atoms with Crippen LogP contribution in [0.15, 0.2) is 0 Å². The molecule has 0 atom stereocenters. The van der Waals surface area contributed by atoms with E-state index < -0.39 is 0 Å². The van der Waals surface area contributed by atoms with Crippen LogP contribution in [0, 0.1) is 13.8 Å². The Balaban J connectivity index is 2.26. The molecular formula is C12H18ClN3O. The lowest BCUT2D eigenvalue weighted by atomic mass is 10.1. The van der Waals surface area contributed by atoms with Crippen molar-refractivity contribution in [3.63, 3.8) is 0 Å². The Labute approximate surface area is 107 Å². The average molecular weight is 256 g/mol. The number of hydrogen-bond donors (Lipinski definition) is 0. The van der Waals surface area contributed by atoms with Crippen LogP contribution in [-0.2, 0) is 4.74 Å². The SMILES string of the molecule is Cc1nc(Cl)c(C)c(N(C)C2CCOCC2)n1. The number of aryl methyl sites for hydroxylation is 1. The Kier molecular flexibility index (Phi) is 3.84. The van der Waals surface area contributed by atoms with Gasteiger partial charge < -0.3 is 9.64 Å². The molecule has 2 rings (SSSR count). The number of ether oxygens (including phenoxy) is 1. The molecule has 0 bridgehead atoms. The van der Waals surface area contributed by atoms with Crippen LogP contribution in [0.1, 0.15) is 24.2 Å². The van der Waals surface area contributed by atoms with Crippen molar-refractivity contribution >= 4 is 17.4 Å². The summed E-state index contributed by atoms with van der Waals surface area (Å²) < 4.78 is 5.38. The molecule has 4 nitrogen and oxygen atoms in total. The minimum absolute atomic E-state index is 0.479. The maximum atomic E-state index is 6.10. The van der Waals surface area contributed by atoms with Crippen LogP contribution in [0.4, 0.5) is 5.82 Å². The molecule has 1 saturated heterocycles. The Bertz CT molecular complexity index is 405. The summed E-state index contributed by atoms with van der Waals surface area (Å²) in [7, 11) is 2.07. The minimum Gasteiger partial charge on any atom is -0.381 e. The van der Waals surface area contributed by atoms with Crippen LogP contribution >= 0.6 is 11.6 Å². The van der Waals surface area contributed by atoms with E-state index in [9.17, 15) is 0 Å². The lowest BCUT2D eigenvalue weighted by Crippen LogP contribution is -2.37. The van der Waals surface area contributed by atoms with Crippen molar-refractivity contribution in [3.8, 4) is 0 Å². The molecule has 17 heavy (non-hydrogen) atoms. The smallest absolute Gasteiger partial charge is 0.137 e. The highest BCUT2D eigenvalue weighted by atomic mass is 35.5. The molecule has 1 aliphatic rings. The molecule has 0 N–H and O–H groups in total. The van der Waals surface area contributed by atoms with Crippen LogP contribution in [0.5, 0.6) is 0 Å². The van der Waals surface area contributed by atoms with E-state index >= 15 is 0 Å². The lowest BCUT2D eigenvalue weighted by molar-refractivity contribution is 0.0853. The Hall–Kier alpha value is -0.870. The third-order valence-corrected chi connectivity index (χ3v) is 3.61. The van der Waals surface area contributed by atoms with Gasteiger partial charge in [-0.3, -0.25) is 0 Å². The van der Waals surface area contributed by atoms with Crippen molar-refractivity contribution in [1.29, 1.82) is 0 Å². The third kappa shape index (κ3) is 2.69. The molecule has 1 fully saturated rings.